The van der Waals surface area contributed by atoms with E-state index in [4.69, 9.17) is 4.18 Å². The number of hydrogen-bond acceptors (Lipinski definition) is 3. The van der Waals surface area contributed by atoms with Crippen LogP contribution in [0.5, 0.6) is 5.75 Å². The van der Waals surface area contributed by atoms with Gasteiger partial charge in [-0.15, -0.1) is 11.0 Å². The molecule has 0 radical (unpaired) electrons. The second-order valence-corrected chi connectivity index (χ2v) is 6.85. The summed E-state index contributed by atoms with van der Waals surface area (Å²) in [6.45, 7) is 3.74. The number of allylic oxidation sites excluding steroid dienone is 1. The maximum Gasteiger partial charge on any atom is 0.428 e. The van der Waals surface area contributed by atoms with E-state index in [0.29, 0.717) is 11.5 Å². The number of rotatable bonds is 3. The van der Waals surface area contributed by atoms with Gasteiger partial charge in [-0.1, -0.05) is 31.4 Å². The van der Waals surface area contributed by atoms with Crippen molar-refractivity contribution in [2.75, 3.05) is 0 Å². The predicted molar refractivity (Wildman–Crippen MR) is 83.0 cm³/mol. The zero-order valence-electron chi connectivity index (χ0n) is 11.9. The van der Waals surface area contributed by atoms with Crippen molar-refractivity contribution in [2.24, 2.45) is 10.3 Å². The lowest BCUT2D eigenvalue weighted by atomic mass is 9.83. The number of nitrogens with zero attached hydrogens (tertiary/aromatic N) is 1. The largest absolute Gasteiger partial charge is 0.428 e. The Morgan fingerprint density at radius 3 is 2.76 bits per heavy atom. The molecule has 21 heavy (non-hydrogen) atoms. The van der Waals surface area contributed by atoms with Gasteiger partial charge in [0, 0.05) is 11.5 Å². The normalized spacial score (nSPS) is 21.0. The van der Waals surface area contributed by atoms with Crippen LogP contribution in [-0.2, 0) is 16.7 Å². The average Bonchev–Trinajstić information content (AvgIpc) is 2.47. The van der Waals surface area contributed by atoms with Crippen LogP contribution in [-0.4, -0.2) is 14.1 Å². The van der Waals surface area contributed by atoms with Crippen molar-refractivity contribution in [3.8, 4) is 5.75 Å². The number of benzene rings is 1. The van der Waals surface area contributed by atoms with Crippen molar-refractivity contribution < 1.29 is 12.6 Å². The lowest BCUT2D eigenvalue weighted by Crippen LogP contribution is -2.26. The summed E-state index contributed by atoms with van der Waals surface area (Å²) in [4.78, 5) is 0. The van der Waals surface area contributed by atoms with Crippen molar-refractivity contribution >= 4 is 16.0 Å². The maximum atomic E-state index is 11.9. The minimum absolute atomic E-state index is 0.218. The molecule has 0 bridgehead atoms. The molecule has 4 nitrogen and oxygen atoms in total. The minimum atomic E-state index is -3.85. The zero-order valence-corrected chi connectivity index (χ0v) is 12.7. The molecule has 0 unspecified atom stereocenters. The smallest absolute Gasteiger partial charge is 0.365 e. The van der Waals surface area contributed by atoms with Crippen LogP contribution < -0.4 is 4.18 Å². The van der Waals surface area contributed by atoms with Gasteiger partial charge in [0.1, 0.15) is 0 Å². The Kier molecular flexibility index (Phi) is 3.85. The van der Waals surface area contributed by atoms with Crippen molar-refractivity contribution in [1.82, 2.24) is 0 Å². The Morgan fingerprint density at radius 1 is 1.29 bits per heavy atom. The molecule has 0 N–H and O–H groups in total. The molecule has 1 saturated carbocycles. The molecule has 1 heterocycles. The van der Waals surface area contributed by atoms with Crippen LogP contribution in [0.3, 0.4) is 0 Å². The van der Waals surface area contributed by atoms with Crippen LogP contribution in [0.2, 0.25) is 0 Å². The molecular weight excluding hydrogens is 286 g/mol. The molecule has 1 aromatic rings. The highest BCUT2D eigenvalue weighted by atomic mass is 32.2. The van der Waals surface area contributed by atoms with Crippen LogP contribution in [0.1, 0.15) is 43.2 Å². The quantitative estimate of drug-likeness (QED) is 0.804. The van der Waals surface area contributed by atoms with E-state index in [0.717, 1.165) is 43.2 Å². The molecule has 0 saturated heterocycles. The van der Waals surface area contributed by atoms with Crippen LogP contribution in [0.15, 0.2) is 35.3 Å². The molecule has 1 fully saturated rings. The third kappa shape index (κ3) is 3.02. The molecular formula is C16H19NO3S. The Hall–Kier alpha value is -1.62. The van der Waals surface area contributed by atoms with Gasteiger partial charge < -0.3 is 4.18 Å². The summed E-state index contributed by atoms with van der Waals surface area (Å²) in [6, 6.07) is 5.59. The molecule has 2 aliphatic rings. The summed E-state index contributed by atoms with van der Waals surface area (Å²) in [5, 5.41) is 0. The molecule has 1 aliphatic carbocycles. The van der Waals surface area contributed by atoms with E-state index >= 15 is 0 Å². The fourth-order valence-electron chi connectivity index (χ4n) is 3.12. The van der Waals surface area contributed by atoms with Gasteiger partial charge in [0.25, 0.3) is 0 Å². The first kappa shape index (κ1) is 14.3. The van der Waals surface area contributed by atoms with Gasteiger partial charge in [0.2, 0.25) is 0 Å². The second-order valence-electron chi connectivity index (χ2n) is 5.65. The Morgan fingerprint density at radius 2 is 2.05 bits per heavy atom. The van der Waals surface area contributed by atoms with E-state index in [2.05, 4.69) is 11.0 Å². The highest BCUT2D eigenvalue weighted by Crippen LogP contribution is 2.35. The highest BCUT2D eigenvalue weighted by molar-refractivity contribution is 7.86. The molecule has 112 valence electrons. The number of hydrogen-bond donors (Lipinski definition) is 0. The molecule has 1 aliphatic heterocycles. The summed E-state index contributed by atoms with van der Waals surface area (Å²) < 4.78 is 32.7. The van der Waals surface area contributed by atoms with Gasteiger partial charge in [-0.3, -0.25) is 0 Å². The van der Waals surface area contributed by atoms with Crippen LogP contribution in [0, 0.1) is 5.92 Å². The van der Waals surface area contributed by atoms with Gasteiger partial charge in [-0.25, -0.2) is 0 Å². The molecule has 0 aromatic heterocycles. The molecule has 3 rings (SSSR count). The van der Waals surface area contributed by atoms with E-state index in [1.165, 1.54) is 6.42 Å². The van der Waals surface area contributed by atoms with Crippen LogP contribution >= 0.6 is 0 Å². The summed E-state index contributed by atoms with van der Waals surface area (Å²) in [6.07, 6.45) is 8.06. The lowest BCUT2D eigenvalue weighted by Gasteiger charge is -2.26. The standard InChI is InChI=1S/C16H19NO3S/c1-2-6-12-9-10-15-14(11-12)16(17-21(18,19)20-15)13-7-4-3-5-8-13/h2,9-11,13H,1,3-8H2. The van der Waals surface area contributed by atoms with Crippen molar-refractivity contribution in [3.63, 3.8) is 0 Å². The summed E-state index contributed by atoms with van der Waals surface area (Å²) in [5.74, 6) is 0.619. The summed E-state index contributed by atoms with van der Waals surface area (Å²) >= 11 is 0. The van der Waals surface area contributed by atoms with Gasteiger partial charge in [0.05, 0.1) is 5.71 Å². The summed E-state index contributed by atoms with van der Waals surface area (Å²) in [5.41, 5.74) is 2.60. The van der Waals surface area contributed by atoms with Gasteiger partial charge in [-0.2, -0.15) is 8.42 Å². The van der Waals surface area contributed by atoms with Gasteiger partial charge in [-0.05, 0) is 37.0 Å². The van der Waals surface area contributed by atoms with E-state index < -0.39 is 10.3 Å². The van der Waals surface area contributed by atoms with Gasteiger partial charge >= 0.3 is 10.3 Å². The van der Waals surface area contributed by atoms with E-state index in [-0.39, 0.29) is 5.92 Å². The number of fused-ring (bicyclic) bond motifs is 1. The molecule has 0 amide bonds. The third-order valence-electron chi connectivity index (χ3n) is 4.10. The molecule has 0 atom stereocenters. The molecule has 5 heteroatoms. The predicted octanol–water partition coefficient (Wildman–Crippen LogP) is 3.42. The minimum Gasteiger partial charge on any atom is -0.365 e. The zero-order chi connectivity index (χ0) is 14.9. The fourth-order valence-corrected chi connectivity index (χ4v) is 4.01. The average molecular weight is 305 g/mol. The Bertz CT molecular complexity index is 685. The monoisotopic (exact) mass is 305 g/mol. The molecule has 1 aromatic carbocycles. The first-order valence-corrected chi connectivity index (χ1v) is 8.74. The van der Waals surface area contributed by atoms with Crippen molar-refractivity contribution in [3.05, 3.63) is 42.0 Å². The van der Waals surface area contributed by atoms with E-state index in [1.54, 1.807) is 6.07 Å². The Labute approximate surface area is 125 Å². The second kappa shape index (κ2) is 5.64. The Balaban J connectivity index is 2.06. The highest BCUT2D eigenvalue weighted by Gasteiger charge is 2.30. The van der Waals surface area contributed by atoms with Crippen LogP contribution in [0.4, 0.5) is 0 Å². The van der Waals surface area contributed by atoms with E-state index in [9.17, 15) is 8.42 Å². The van der Waals surface area contributed by atoms with Crippen molar-refractivity contribution in [1.29, 1.82) is 0 Å². The van der Waals surface area contributed by atoms with Crippen LogP contribution in [0.25, 0.3) is 0 Å². The topological polar surface area (TPSA) is 55.7 Å². The fraction of sp³-hybridized carbons (Fsp3) is 0.438. The summed E-state index contributed by atoms with van der Waals surface area (Å²) in [7, 11) is -3.85. The first-order valence-electron chi connectivity index (χ1n) is 7.37. The lowest BCUT2D eigenvalue weighted by molar-refractivity contribution is 0.435. The van der Waals surface area contributed by atoms with Crippen molar-refractivity contribution in [2.45, 2.75) is 38.5 Å². The maximum absolute atomic E-state index is 11.9. The van der Waals surface area contributed by atoms with Gasteiger partial charge in [0.15, 0.2) is 5.75 Å². The third-order valence-corrected chi connectivity index (χ3v) is 4.91. The van der Waals surface area contributed by atoms with E-state index in [1.807, 2.05) is 18.2 Å². The SMILES string of the molecule is C=CCc1ccc2c(c1)C(C1CCCCC1)=NS(=O)(=O)O2. The molecule has 0 spiro atoms. The first-order chi connectivity index (χ1) is 10.1.